The second-order valence-corrected chi connectivity index (χ2v) is 7.42. The van der Waals surface area contributed by atoms with E-state index in [4.69, 9.17) is 11.0 Å². The van der Waals surface area contributed by atoms with Gasteiger partial charge in [0.1, 0.15) is 0 Å². The van der Waals surface area contributed by atoms with Gasteiger partial charge in [0.2, 0.25) is 0 Å². The third-order valence-corrected chi connectivity index (χ3v) is 5.04. The summed E-state index contributed by atoms with van der Waals surface area (Å²) in [7, 11) is 0. The number of benzene rings is 2. The molecule has 0 saturated carbocycles. The predicted molar refractivity (Wildman–Crippen MR) is 139 cm³/mol. The van der Waals surface area contributed by atoms with Crippen molar-refractivity contribution >= 4 is 0 Å². The molecular formula is C31H27IrN3-2. The topological polar surface area (TPSA) is 38.7 Å². The Morgan fingerprint density at radius 2 is 1.60 bits per heavy atom. The molecule has 2 aromatic carbocycles. The van der Waals surface area contributed by atoms with Gasteiger partial charge < -0.3 is 9.97 Å². The molecule has 0 unspecified atom stereocenters. The summed E-state index contributed by atoms with van der Waals surface area (Å²) in [6, 6.07) is 29.3. The minimum absolute atomic E-state index is 0. The van der Waals surface area contributed by atoms with Crippen molar-refractivity contribution in [2.45, 2.75) is 27.0 Å². The Hall–Kier alpha value is -3.46. The van der Waals surface area contributed by atoms with Crippen LogP contribution in [0.3, 0.4) is 0 Å². The minimum atomic E-state index is -2.76. The first-order valence-corrected chi connectivity index (χ1v) is 10.6. The molecule has 0 N–H and O–H groups in total. The van der Waals surface area contributed by atoms with Crippen molar-refractivity contribution < 1.29 is 31.1 Å². The summed E-state index contributed by atoms with van der Waals surface area (Å²) in [5.74, 6) is 0. The van der Waals surface area contributed by atoms with E-state index in [-0.39, 0.29) is 25.7 Å². The maximum absolute atomic E-state index is 7.91. The molecule has 177 valence electrons. The van der Waals surface area contributed by atoms with Crippen LogP contribution in [0.25, 0.3) is 33.8 Å². The zero-order valence-electron chi connectivity index (χ0n) is 26.9. The molecule has 3 aromatic heterocycles. The van der Waals surface area contributed by atoms with Gasteiger partial charge in [-0.3, -0.25) is 4.98 Å². The van der Waals surface area contributed by atoms with Gasteiger partial charge in [-0.25, -0.2) is 0 Å². The molecular weight excluding hydrogens is 607 g/mol. The Morgan fingerprint density at radius 1 is 0.771 bits per heavy atom. The van der Waals surface area contributed by atoms with Gasteiger partial charge in [0.05, 0.1) is 5.69 Å². The Balaban J connectivity index is 0.000000247. The molecule has 3 nitrogen and oxygen atoms in total. The zero-order chi connectivity index (χ0) is 30.5. The molecule has 1 radical (unpaired) electrons. The third kappa shape index (κ3) is 7.02. The molecule has 4 heteroatoms. The minimum Gasteiger partial charge on any atom is -0.305 e. The molecule has 35 heavy (non-hydrogen) atoms. The Bertz CT molecular complexity index is 1640. The molecule has 0 bridgehead atoms. The van der Waals surface area contributed by atoms with E-state index >= 15 is 0 Å². The first-order chi connectivity index (χ1) is 19.8. The SMILES string of the molecule is [2H]C([2H])([2H])C([2H])([2H])c1ccnc(-c2[c-]ccc(-c3ccccn3)c2)c1.[2H]C([2H])([2H])c1cnc(-c2[c-]cccc2)cc1C.[Ir]. The van der Waals surface area contributed by atoms with Gasteiger partial charge in [-0.2, -0.15) is 0 Å². The largest absolute Gasteiger partial charge is 0.305 e. The normalized spacial score (nSPS) is 14.5. The van der Waals surface area contributed by atoms with Gasteiger partial charge in [-0.15, -0.1) is 65.7 Å². The summed E-state index contributed by atoms with van der Waals surface area (Å²) in [5.41, 5.74) is 5.49. The summed E-state index contributed by atoms with van der Waals surface area (Å²) in [6.07, 6.45) is 2.09. The molecule has 0 fully saturated rings. The van der Waals surface area contributed by atoms with Gasteiger partial charge in [-0.1, -0.05) is 41.7 Å². The van der Waals surface area contributed by atoms with Crippen molar-refractivity contribution in [2.75, 3.05) is 0 Å². The second kappa shape index (κ2) is 12.8. The summed E-state index contributed by atoms with van der Waals surface area (Å²) in [5, 5.41) is 0. The fraction of sp³-hybridized carbons (Fsp3) is 0.129. The number of aryl methyl sites for hydroxylation is 3. The van der Waals surface area contributed by atoms with Crippen LogP contribution in [0.5, 0.6) is 0 Å². The van der Waals surface area contributed by atoms with Crippen molar-refractivity contribution in [3.8, 4) is 33.8 Å². The van der Waals surface area contributed by atoms with Gasteiger partial charge in [-0.05, 0) is 55.3 Å². The van der Waals surface area contributed by atoms with Crippen molar-refractivity contribution in [2.24, 2.45) is 0 Å². The predicted octanol–water partition coefficient (Wildman–Crippen LogP) is 7.34. The quantitative estimate of drug-likeness (QED) is 0.193. The van der Waals surface area contributed by atoms with E-state index in [1.807, 2.05) is 54.6 Å². The molecule has 0 saturated heterocycles. The fourth-order valence-electron chi connectivity index (χ4n) is 3.22. The number of nitrogens with zero attached hydrogens (tertiary/aromatic N) is 3. The maximum atomic E-state index is 7.91. The van der Waals surface area contributed by atoms with E-state index in [2.05, 4.69) is 27.1 Å². The molecule has 3 heterocycles. The van der Waals surface area contributed by atoms with E-state index < -0.39 is 20.1 Å². The van der Waals surface area contributed by atoms with Gasteiger partial charge in [0.25, 0.3) is 0 Å². The van der Waals surface area contributed by atoms with Crippen molar-refractivity contribution in [1.82, 2.24) is 15.0 Å². The Kier molecular flexibility index (Phi) is 6.26. The van der Waals surface area contributed by atoms with E-state index in [0.717, 1.165) is 28.1 Å². The summed E-state index contributed by atoms with van der Waals surface area (Å²) in [6.45, 7) is -3.07. The molecule has 0 aliphatic rings. The van der Waals surface area contributed by atoms with Crippen LogP contribution in [0.15, 0.2) is 97.5 Å². The van der Waals surface area contributed by atoms with E-state index in [1.165, 1.54) is 24.5 Å². The Labute approximate surface area is 233 Å². The van der Waals surface area contributed by atoms with Crippen LogP contribution < -0.4 is 0 Å². The van der Waals surface area contributed by atoms with Crippen LogP contribution in [0.4, 0.5) is 0 Å². The van der Waals surface area contributed by atoms with Crippen molar-refractivity contribution in [3.63, 3.8) is 0 Å². The molecule has 5 rings (SSSR count). The van der Waals surface area contributed by atoms with E-state index in [1.54, 1.807) is 25.3 Å². The van der Waals surface area contributed by atoms with E-state index in [9.17, 15) is 0 Å². The first-order valence-electron chi connectivity index (χ1n) is 14.6. The van der Waals surface area contributed by atoms with E-state index in [0.29, 0.717) is 16.8 Å². The van der Waals surface area contributed by atoms with Gasteiger partial charge in [0, 0.05) is 49.7 Å². The van der Waals surface area contributed by atoms with Crippen molar-refractivity contribution in [3.05, 3.63) is 126 Å². The molecule has 0 aliphatic heterocycles. The molecule has 0 atom stereocenters. The standard InChI is InChI=1S/C18H15N2.C13H12N.Ir/c1-2-14-9-11-20-18(12-14)16-7-5-6-15(13-16)17-8-3-4-10-19-17;1-10-8-13(14-9-11(10)2)12-6-4-3-5-7-12;/h3-6,8-13H,2H2,1H3;3-6,8-9H,1-2H3;/q2*-1;/i1D3,2D2;2D3;. The van der Waals surface area contributed by atoms with Crippen LogP contribution in [-0.4, -0.2) is 15.0 Å². The monoisotopic (exact) mass is 642 g/mol. The Morgan fingerprint density at radius 3 is 2.34 bits per heavy atom. The summed E-state index contributed by atoms with van der Waals surface area (Å²) in [4.78, 5) is 12.7. The van der Waals surface area contributed by atoms with Crippen LogP contribution in [0.1, 0.15) is 34.5 Å². The molecule has 0 amide bonds. The first kappa shape index (κ1) is 17.0. The summed E-state index contributed by atoms with van der Waals surface area (Å²) >= 11 is 0. The van der Waals surface area contributed by atoms with Gasteiger partial charge >= 0.3 is 0 Å². The van der Waals surface area contributed by atoms with Crippen LogP contribution in [0.2, 0.25) is 0 Å². The van der Waals surface area contributed by atoms with Gasteiger partial charge in [0.15, 0.2) is 0 Å². The average molecular weight is 642 g/mol. The van der Waals surface area contributed by atoms with Crippen LogP contribution in [-0.2, 0) is 26.5 Å². The second-order valence-electron chi connectivity index (χ2n) is 7.42. The summed E-state index contributed by atoms with van der Waals surface area (Å²) < 4.78 is 60.2. The molecule has 5 aromatic rings. The number of hydrogen-bond donors (Lipinski definition) is 0. The zero-order valence-corrected chi connectivity index (χ0v) is 21.3. The average Bonchev–Trinajstić information content (AvgIpc) is 2.97. The molecule has 0 spiro atoms. The number of pyridine rings is 3. The third-order valence-electron chi connectivity index (χ3n) is 5.04. The van der Waals surface area contributed by atoms with Crippen molar-refractivity contribution in [1.29, 1.82) is 0 Å². The number of hydrogen-bond acceptors (Lipinski definition) is 3. The number of aromatic nitrogens is 3. The fourth-order valence-corrected chi connectivity index (χ4v) is 3.22. The molecule has 0 aliphatic carbocycles. The van der Waals surface area contributed by atoms with Crippen LogP contribution in [0, 0.1) is 25.9 Å². The maximum Gasteiger partial charge on any atom is 0.0518 e. The smallest absolute Gasteiger partial charge is 0.0518 e. The van der Waals surface area contributed by atoms with Crippen LogP contribution >= 0.6 is 0 Å². The number of rotatable bonds is 4.